The molecule has 1 atom stereocenters. The minimum atomic E-state index is 0.441. The first kappa shape index (κ1) is 12.6. The van der Waals surface area contributed by atoms with Gasteiger partial charge in [-0.25, -0.2) is 0 Å². The lowest BCUT2D eigenvalue weighted by Crippen LogP contribution is -2.24. The van der Waals surface area contributed by atoms with Gasteiger partial charge in [0.1, 0.15) is 0 Å². The molecule has 0 fully saturated rings. The first-order valence-corrected chi connectivity index (χ1v) is 6.19. The SMILES string of the molecule is CNC1C=CC(N/N=C/c2ccc(C)cc2)=CC1. The Morgan fingerprint density at radius 1 is 1.28 bits per heavy atom. The number of hydrogen-bond donors (Lipinski definition) is 2. The van der Waals surface area contributed by atoms with Crippen LogP contribution >= 0.6 is 0 Å². The molecule has 3 heteroatoms. The van der Waals surface area contributed by atoms with Gasteiger partial charge in [-0.15, -0.1) is 0 Å². The molecule has 0 spiro atoms. The second kappa shape index (κ2) is 6.17. The van der Waals surface area contributed by atoms with Gasteiger partial charge in [-0.2, -0.15) is 5.10 Å². The smallest absolute Gasteiger partial charge is 0.0544 e. The Morgan fingerprint density at radius 3 is 2.67 bits per heavy atom. The molecule has 0 bridgehead atoms. The number of likely N-dealkylation sites (N-methyl/N-ethyl adjacent to an activating group) is 1. The second-order valence-electron chi connectivity index (χ2n) is 4.43. The summed E-state index contributed by atoms with van der Waals surface area (Å²) in [5.74, 6) is 0. The fourth-order valence-corrected chi connectivity index (χ4v) is 1.75. The van der Waals surface area contributed by atoms with E-state index in [0.29, 0.717) is 6.04 Å². The molecule has 0 amide bonds. The van der Waals surface area contributed by atoms with Gasteiger partial charge in [0.2, 0.25) is 0 Å². The number of nitrogens with one attached hydrogen (secondary N) is 2. The van der Waals surface area contributed by atoms with E-state index >= 15 is 0 Å². The van der Waals surface area contributed by atoms with Crippen molar-refractivity contribution < 1.29 is 0 Å². The maximum absolute atomic E-state index is 4.23. The van der Waals surface area contributed by atoms with Crippen LogP contribution in [0.3, 0.4) is 0 Å². The Kier molecular flexibility index (Phi) is 4.31. The standard InChI is InChI=1S/C15H19N3/c1-12-3-5-13(6-4-12)11-17-18-15-9-7-14(16-2)8-10-15/h3-7,9-11,14,16,18H,8H2,1-2H3/b17-11+. The van der Waals surface area contributed by atoms with Gasteiger partial charge in [0.05, 0.1) is 11.9 Å². The first-order valence-electron chi connectivity index (χ1n) is 6.19. The van der Waals surface area contributed by atoms with E-state index in [4.69, 9.17) is 0 Å². The molecule has 0 saturated heterocycles. The Hall–Kier alpha value is -1.87. The van der Waals surface area contributed by atoms with E-state index in [-0.39, 0.29) is 0 Å². The highest BCUT2D eigenvalue weighted by atomic mass is 15.3. The largest absolute Gasteiger partial charge is 0.313 e. The summed E-state index contributed by atoms with van der Waals surface area (Å²) in [5.41, 5.74) is 6.45. The molecule has 1 aromatic rings. The Bertz CT molecular complexity index is 469. The molecule has 0 saturated carbocycles. The van der Waals surface area contributed by atoms with Crippen LogP contribution in [0.5, 0.6) is 0 Å². The molecular weight excluding hydrogens is 222 g/mol. The predicted molar refractivity (Wildman–Crippen MR) is 76.6 cm³/mol. The fourth-order valence-electron chi connectivity index (χ4n) is 1.75. The third kappa shape index (κ3) is 3.57. The zero-order valence-corrected chi connectivity index (χ0v) is 10.9. The normalized spacial score (nSPS) is 19.0. The van der Waals surface area contributed by atoms with Gasteiger partial charge in [-0.3, -0.25) is 5.43 Å². The van der Waals surface area contributed by atoms with Crippen molar-refractivity contribution in [3.63, 3.8) is 0 Å². The minimum Gasteiger partial charge on any atom is -0.313 e. The summed E-state index contributed by atoms with van der Waals surface area (Å²) in [5, 5.41) is 7.44. The summed E-state index contributed by atoms with van der Waals surface area (Å²) < 4.78 is 0. The van der Waals surface area contributed by atoms with E-state index in [0.717, 1.165) is 17.7 Å². The molecule has 2 N–H and O–H groups in total. The summed E-state index contributed by atoms with van der Waals surface area (Å²) in [6.45, 7) is 2.08. The summed E-state index contributed by atoms with van der Waals surface area (Å²) in [7, 11) is 1.97. The van der Waals surface area contributed by atoms with E-state index < -0.39 is 0 Å². The van der Waals surface area contributed by atoms with Gasteiger partial charge in [0.25, 0.3) is 0 Å². The molecule has 94 valence electrons. The lowest BCUT2D eigenvalue weighted by Gasteiger charge is -2.14. The minimum absolute atomic E-state index is 0.441. The van der Waals surface area contributed by atoms with E-state index in [2.05, 4.69) is 65.3 Å². The third-order valence-corrected chi connectivity index (χ3v) is 2.96. The molecular formula is C15H19N3. The summed E-state index contributed by atoms with van der Waals surface area (Å²) in [6.07, 6.45) is 9.17. The second-order valence-corrected chi connectivity index (χ2v) is 4.43. The maximum atomic E-state index is 4.23. The average molecular weight is 241 g/mol. The molecule has 1 unspecified atom stereocenters. The van der Waals surface area contributed by atoms with Gasteiger partial charge in [-0.1, -0.05) is 42.0 Å². The summed E-state index contributed by atoms with van der Waals surface area (Å²) in [4.78, 5) is 0. The monoisotopic (exact) mass is 241 g/mol. The topological polar surface area (TPSA) is 36.4 Å². The van der Waals surface area contributed by atoms with Crippen LogP contribution in [0, 0.1) is 6.92 Å². The van der Waals surface area contributed by atoms with Crippen LogP contribution in [0.1, 0.15) is 17.5 Å². The molecule has 1 aromatic carbocycles. The van der Waals surface area contributed by atoms with Crippen molar-refractivity contribution in [2.45, 2.75) is 19.4 Å². The molecule has 1 aliphatic rings. The highest BCUT2D eigenvalue weighted by Crippen LogP contribution is 2.07. The highest BCUT2D eigenvalue weighted by Gasteiger charge is 2.04. The Labute approximate surface area is 108 Å². The van der Waals surface area contributed by atoms with Crippen molar-refractivity contribution in [1.82, 2.24) is 10.7 Å². The van der Waals surface area contributed by atoms with Crippen LogP contribution in [-0.2, 0) is 0 Å². The molecule has 1 aliphatic carbocycles. The van der Waals surface area contributed by atoms with E-state index in [9.17, 15) is 0 Å². The van der Waals surface area contributed by atoms with Gasteiger partial charge >= 0.3 is 0 Å². The summed E-state index contributed by atoms with van der Waals surface area (Å²) >= 11 is 0. The molecule has 0 aliphatic heterocycles. The van der Waals surface area contributed by atoms with Crippen LogP contribution in [0.15, 0.2) is 53.3 Å². The van der Waals surface area contributed by atoms with Crippen LogP contribution in [0.2, 0.25) is 0 Å². The van der Waals surface area contributed by atoms with E-state index in [1.807, 2.05) is 13.3 Å². The lowest BCUT2D eigenvalue weighted by molar-refractivity contribution is 0.662. The first-order chi connectivity index (χ1) is 8.78. The van der Waals surface area contributed by atoms with Gasteiger partial charge in [0.15, 0.2) is 0 Å². The number of rotatable bonds is 4. The van der Waals surface area contributed by atoms with Crippen LogP contribution in [0.4, 0.5) is 0 Å². The van der Waals surface area contributed by atoms with Gasteiger partial charge in [-0.05, 0) is 32.0 Å². The predicted octanol–water partition coefficient (Wildman–Crippen LogP) is 2.35. The number of benzene rings is 1. The quantitative estimate of drug-likeness (QED) is 0.627. The van der Waals surface area contributed by atoms with Crippen molar-refractivity contribution in [1.29, 1.82) is 0 Å². The molecule has 2 rings (SSSR count). The number of aryl methyl sites for hydroxylation is 1. The van der Waals surface area contributed by atoms with Crippen LogP contribution in [0.25, 0.3) is 0 Å². The van der Waals surface area contributed by atoms with Gasteiger partial charge in [0, 0.05) is 6.04 Å². The molecule has 0 radical (unpaired) electrons. The maximum Gasteiger partial charge on any atom is 0.0544 e. The number of hydrogen-bond acceptors (Lipinski definition) is 3. The molecule has 0 aromatic heterocycles. The van der Waals surface area contributed by atoms with Crippen molar-refractivity contribution in [2.75, 3.05) is 7.05 Å². The zero-order chi connectivity index (χ0) is 12.8. The Morgan fingerprint density at radius 2 is 2.06 bits per heavy atom. The average Bonchev–Trinajstić information content (AvgIpc) is 2.42. The number of allylic oxidation sites excluding steroid dienone is 1. The van der Waals surface area contributed by atoms with Crippen LogP contribution in [-0.4, -0.2) is 19.3 Å². The van der Waals surface area contributed by atoms with Crippen molar-refractivity contribution >= 4 is 6.21 Å². The van der Waals surface area contributed by atoms with E-state index in [1.165, 1.54) is 5.56 Å². The number of hydrazone groups is 1. The molecule has 0 heterocycles. The fraction of sp³-hybridized carbons (Fsp3) is 0.267. The lowest BCUT2D eigenvalue weighted by atomic mass is 10.1. The number of nitrogens with zero attached hydrogens (tertiary/aromatic N) is 1. The third-order valence-electron chi connectivity index (χ3n) is 2.96. The van der Waals surface area contributed by atoms with Crippen LogP contribution < -0.4 is 10.7 Å². The van der Waals surface area contributed by atoms with Gasteiger partial charge < -0.3 is 5.32 Å². The van der Waals surface area contributed by atoms with E-state index in [1.54, 1.807) is 0 Å². The van der Waals surface area contributed by atoms with Crippen molar-refractivity contribution in [3.05, 3.63) is 59.3 Å². The molecule has 3 nitrogen and oxygen atoms in total. The highest BCUT2D eigenvalue weighted by molar-refractivity contribution is 5.79. The van der Waals surface area contributed by atoms with Crippen molar-refractivity contribution in [2.24, 2.45) is 5.10 Å². The molecule has 18 heavy (non-hydrogen) atoms. The zero-order valence-electron chi connectivity index (χ0n) is 10.9. The Balaban J connectivity index is 1.87. The van der Waals surface area contributed by atoms with Crippen molar-refractivity contribution in [3.8, 4) is 0 Å². The summed E-state index contributed by atoms with van der Waals surface area (Å²) in [6, 6.07) is 8.72.